The van der Waals surface area contributed by atoms with Gasteiger partial charge in [0.05, 0.1) is 0 Å². The number of nitrogens with zero attached hydrogens (tertiary/aromatic N) is 4. The van der Waals surface area contributed by atoms with Crippen LogP contribution in [0.15, 0.2) is 122 Å². The molecule has 0 atom stereocenters. The molecule has 4 aromatic heterocycles. The van der Waals surface area contributed by atoms with Crippen molar-refractivity contribution in [2.75, 3.05) is 10.6 Å². The molecule has 36 heavy (non-hydrogen) atoms. The first-order valence-electron chi connectivity index (χ1n) is 11.6. The minimum Gasteiger partial charge on any atom is -0.325 e. The molecule has 2 N–H and O–H groups in total. The highest BCUT2D eigenvalue weighted by molar-refractivity contribution is 6.04. The lowest BCUT2D eigenvalue weighted by Gasteiger charge is -2.15. The number of benzene rings is 2. The molecule has 0 bridgehead atoms. The van der Waals surface area contributed by atoms with Gasteiger partial charge in [-0.1, -0.05) is 60.7 Å². The molecular formula is C30H22N6. The first-order chi connectivity index (χ1) is 17.8. The van der Waals surface area contributed by atoms with Crippen molar-refractivity contribution in [1.82, 2.24) is 19.9 Å². The topological polar surface area (TPSA) is 75.6 Å². The Balaban J connectivity index is 1.38. The monoisotopic (exact) mass is 466 g/mol. The Morgan fingerprint density at radius 3 is 1.75 bits per heavy atom. The van der Waals surface area contributed by atoms with E-state index in [4.69, 9.17) is 4.98 Å². The summed E-state index contributed by atoms with van der Waals surface area (Å²) in [6.45, 7) is 0. The van der Waals surface area contributed by atoms with E-state index < -0.39 is 0 Å². The lowest BCUT2D eigenvalue weighted by molar-refractivity contribution is 1.25. The summed E-state index contributed by atoms with van der Waals surface area (Å²) in [5, 5.41) is 8.73. The van der Waals surface area contributed by atoms with Gasteiger partial charge in [-0.05, 0) is 52.9 Å². The summed E-state index contributed by atoms with van der Waals surface area (Å²) < 4.78 is 0. The molecule has 6 nitrogen and oxygen atoms in total. The van der Waals surface area contributed by atoms with E-state index >= 15 is 0 Å². The van der Waals surface area contributed by atoms with Crippen LogP contribution in [0.4, 0.5) is 23.3 Å². The molecule has 0 aliphatic carbocycles. The Kier molecular flexibility index (Phi) is 5.74. The molecule has 6 aromatic rings. The van der Waals surface area contributed by atoms with Crippen LogP contribution in [0.25, 0.3) is 33.0 Å². The molecule has 0 radical (unpaired) electrons. The van der Waals surface area contributed by atoms with Gasteiger partial charge in [-0.25, -0.2) is 19.9 Å². The van der Waals surface area contributed by atoms with Gasteiger partial charge in [-0.15, -0.1) is 0 Å². The number of pyridine rings is 4. The second-order valence-corrected chi connectivity index (χ2v) is 8.22. The molecule has 6 rings (SSSR count). The second kappa shape index (κ2) is 9.64. The molecule has 0 aliphatic rings. The van der Waals surface area contributed by atoms with E-state index in [9.17, 15) is 0 Å². The molecule has 0 spiro atoms. The predicted molar refractivity (Wildman–Crippen MR) is 145 cm³/mol. The second-order valence-electron chi connectivity index (χ2n) is 8.22. The van der Waals surface area contributed by atoms with Gasteiger partial charge >= 0.3 is 0 Å². The van der Waals surface area contributed by atoms with Crippen LogP contribution in [0.5, 0.6) is 0 Å². The van der Waals surface area contributed by atoms with Crippen LogP contribution in [-0.4, -0.2) is 19.9 Å². The largest absolute Gasteiger partial charge is 0.325 e. The number of hydrogen-bond acceptors (Lipinski definition) is 6. The van der Waals surface area contributed by atoms with Crippen molar-refractivity contribution < 1.29 is 0 Å². The van der Waals surface area contributed by atoms with Crippen LogP contribution in [0.1, 0.15) is 0 Å². The molecule has 0 amide bonds. The maximum atomic E-state index is 4.79. The van der Waals surface area contributed by atoms with E-state index in [-0.39, 0.29) is 0 Å². The fourth-order valence-electron chi connectivity index (χ4n) is 4.23. The fourth-order valence-corrected chi connectivity index (χ4v) is 4.23. The standard InChI is InChI=1S/C30H22N6/c1-2-10-23(22(9-1)21-15-16-29(33-19-21)35-27-13-5-7-17-31-27)26-20-34-30(25-12-4-3-11-24(25)26)36-28-14-6-8-18-32-28/h1-20H,(H,31,33,35)(H,32,34,36). The molecule has 172 valence electrons. The van der Waals surface area contributed by atoms with Gasteiger partial charge < -0.3 is 10.6 Å². The van der Waals surface area contributed by atoms with Crippen LogP contribution in [-0.2, 0) is 0 Å². The van der Waals surface area contributed by atoms with E-state index in [0.29, 0.717) is 0 Å². The summed E-state index contributed by atoms with van der Waals surface area (Å²) in [6, 6.07) is 32.2. The Morgan fingerprint density at radius 1 is 0.417 bits per heavy atom. The molecule has 0 saturated heterocycles. The van der Waals surface area contributed by atoms with E-state index in [2.05, 4.69) is 68.1 Å². The van der Waals surface area contributed by atoms with Gasteiger partial charge in [0, 0.05) is 41.3 Å². The van der Waals surface area contributed by atoms with E-state index in [1.807, 2.05) is 67.0 Å². The van der Waals surface area contributed by atoms with Crippen molar-refractivity contribution in [3.8, 4) is 22.3 Å². The van der Waals surface area contributed by atoms with E-state index in [1.54, 1.807) is 12.4 Å². The highest BCUT2D eigenvalue weighted by Crippen LogP contribution is 2.37. The highest BCUT2D eigenvalue weighted by atomic mass is 15.1. The number of fused-ring (bicyclic) bond motifs is 1. The average Bonchev–Trinajstić information content (AvgIpc) is 2.95. The summed E-state index contributed by atoms with van der Waals surface area (Å²) in [7, 11) is 0. The van der Waals surface area contributed by atoms with E-state index in [1.165, 1.54) is 0 Å². The smallest absolute Gasteiger partial charge is 0.139 e. The number of anilines is 4. The van der Waals surface area contributed by atoms with Crippen molar-refractivity contribution >= 4 is 34.0 Å². The zero-order chi connectivity index (χ0) is 24.2. The predicted octanol–water partition coefficient (Wildman–Crippen LogP) is 7.24. The van der Waals surface area contributed by atoms with Gasteiger partial charge in [-0.2, -0.15) is 0 Å². The van der Waals surface area contributed by atoms with Gasteiger partial charge in [0.2, 0.25) is 0 Å². The summed E-state index contributed by atoms with van der Waals surface area (Å²) in [5.41, 5.74) is 4.27. The van der Waals surface area contributed by atoms with Gasteiger partial charge in [0.15, 0.2) is 0 Å². The molecule has 0 aliphatic heterocycles. The number of nitrogens with one attached hydrogen (secondary N) is 2. The molecule has 2 aromatic carbocycles. The molecular weight excluding hydrogens is 444 g/mol. The number of aromatic nitrogens is 4. The summed E-state index contributed by atoms with van der Waals surface area (Å²) in [4.78, 5) is 18.1. The highest BCUT2D eigenvalue weighted by Gasteiger charge is 2.14. The number of hydrogen-bond donors (Lipinski definition) is 2. The van der Waals surface area contributed by atoms with Crippen LogP contribution >= 0.6 is 0 Å². The van der Waals surface area contributed by atoms with E-state index in [0.717, 1.165) is 56.3 Å². The average molecular weight is 467 g/mol. The first kappa shape index (κ1) is 21.4. The Hall–Kier alpha value is -5.10. The third-order valence-electron chi connectivity index (χ3n) is 5.92. The molecule has 6 heteroatoms. The summed E-state index contributed by atoms with van der Waals surface area (Å²) in [6.07, 6.45) is 7.33. The minimum absolute atomic E-state index is 0.743. The summed E-state index contributed by atoms with van der Waals surface area (Å²) in [5.74, 6) is 3.04. The zero-order valence-corrected chi connectivity index (χ0v) is 19.3. The quantitative estimate of drug-likeness (QED) is 0.269. The molecule has 0 saturated carbocycles. The maximum Gasteiger partial charge on any atom is 0.139 e. The van der Waals surface area contributed by atoms with Crippen LogP contribution in [0.3, 0.4) is 0 Å². The van der Waals surface area contributed by atoms with Gasteiger partial charge in [0.1, 0.15) is 23.3 Å². The van der Waals surface area contributed by atoms with Crippen molar-refractivity contribution in [1.29, 1.82) is 0 Å². The fraction of sp³-hybridized carbons (Fsp3) is 0. The summed E-state index contributed by atoms with van der Waals surface area (Å²) >= 11 is 0. The lowest BCUT2D eigenvalue weighted by atomic mass is 9.93. The van der Waals surface area contributed by atoms with Gasteiger partial charge in [-0.3, -0.25) is 0 Å². The Labute approximate surface area is 208 Å². The van der Waals surface area contributed by atoms with Crippen LogP contribution < -0.4 is 10.6 Å². The maximum absolute atomic E-state index is 4.79. The Morgan fingerprint density at radius 2 is 1.06 bits per heavy atom. The Bertz CT molecular complexity index is 1620. The normalized spacial score (nSPS) is 10.8. The molecule has 0 unspecified atom stereocenters. The van der Waals surface area contributed by atoms with Crippen molar-refractivity contribution in [2.24, 2.45) is 0 Å². The lowest BCUT2D eigenvalue weighted by Crippen LogP contribution is -1.98. The third-order valence-corrected chi connectivity index (χ3v) is 5.92. The SMILES string of the molecule is c1ccc(Nc2ccc(-c3ccccc3-c3cnc(Nc4ccccn4)c4ccccc34)cn2)nc1. The van der Waals surface area contributed by atoms with Crippen LogP contribution in [0.2, 0.25) is 0 Å². The van der Waals surface area contributed by atoms with Crippen molar-refractivity contribution in [3.63, 3.8) is 0 Å². The van der Waals surface area contributed by atoms with Gasteiger partial charge in [0.25, 0.3) is 0 Å². The van der Waals surface area contributed by atoms with Crippen molar-refractivity contribution in [2.45, 2.75) is 0 Å². The van der Waals surface area contributed by atoms with Crippen LogP contribution in [0, 0.1) is 0 Å². The minimum atomic E-state index is 0.743. The molecule has 0 fully saturated rings. The molecule has 4 heterocycles. The third kappa shape index (κ3) is 4.35. The number of rotatable bonds is 6. The first-order valence-corrected chi connectivity index (χ1v) is 11.6. The zero-order valence-electron chi connectivity index (χ0n) is 19.3. The van der Waals surface area contributed by atoms with Crippen molar-refractivity contribution in [3.05, 3.63) is 122 Å².